The topological polar surface area (TPSA) is 99.0 Å². The van der Waals surface area contributed by atoms with E-state index < -0.39 is 12.2 Å². The highest BCUT2D eigenvalue weighted by molar-refractivity contribution is 5.00. The molecule has 0 aromatic heterocycles. The highest BCUT2D eigenvalue weighted by Gasteiger charge is 2.20. The van der Waals surface area contributed by atoms with E-state index >= 15 is 0 Å². The lowest BCUT2D eigenvalue weighted by Crippen LogP contribution is -2.47. The maximum atomic E-state index is 10.7. The molecule has 0 radical (unpaired) electrons. The molecule has 0 saturated carbocycles. The van der Waals surface area contributed by atoms with Gasteiger partial charge in [-0.05, 0) is 70.8 Å². The number of allylic oxidation sites excluding steroid dienone is 7. The van der Waals surface area contributed by atoms with Gasteiger partial charge in [0.05, 0.1) is 12.2 Å². The summed E-state index contributed by atoms with van der Waals surface area (Å²) in [6.07, 6.45) is 45.8. The van der Waals surface area contributed by atoms with Crippen LogP contribution < -0.4 is 11.5 Å². The lowest BCUT2D eigenvalue weighted by molar-refractivity contribution is 0.0765. The Hall–Kier alpha value is -1.28. The van der Waals surface area contributed by atoms with Gasteiger partial charge >= 0.3 is 0 Å². The predicted octanol–water partition coefficient (Wildman–Crippen LogP) is 9.86. The second-order valence-electron chi connectivity index (χ2n) is 14.6. The molecule has 0 amide bonds. The lowest BCUT2D eigenvalue weighted by Gasteiger charge is -2.34. The smallest absolute Gasteiger partial charge is 0.0789 e. The first-order chi connectivity index (χ1) is 24.5. The standard InChI is InChI=1S/C44H86N4O2/c1-4-7-10-13-15-17-18-19-20-21-22-23-24-26-29-32-35-47(40-43(49)38-45)36-37-48(41-44(50)39-46)42(33-30-27-12-9-6-3)34-31-28-25-16-14-11-8-5-2/h15-17,19-20,25,31,34,42-44,49-50H,4-14,18,21-24,26-30,32-33,35-41,45-46H2,1-3H3/b17-15-,20-19+,25-16-,34-31-. The summed E-state index contributed by atoms with van der Waals surface area (Å²) < 4.78 is 0. The number of hydrogen-bond donors (Lipinski definition) is 4. The zero-order valence-corrected chi connectivity index (χ0v) is 33.5. The average Bonchev–Trinajstić information content (AvgIpc) is 3.12. The van der Waals surface area contributed by atoms with Crippen molar-refractivity contribution in [1.29, 1.82) is 0 Å². The van der Waals surface area contributed by atoms with E-state index in [2.05, 4.69) is 79.2 Å². The summed E-state index contributed by atoms with van der Waals surface area (Å²) in [5.41, 5.74) is 11.8. The fraction of sp³-hybridized carbons (Fsp3) is 0.818. The van der Waals surface area contributed by atoms with Crippen molar-refractivity contribution in [1.82, 2.24) is 9.80 Å². The van der Waals surface area contributed by atoms with Crippen LogP contribution in [0.4, 0.5) is 0 Å². The first kappa shape index (κ1) is 48.7. The summed E-state index contributed by atoms with van der Waals surface area (Å²) in [7, 11) is 0. The van der Waals surface area contributed by atoms with Crippen LogP contribution in [-0.2, 0) is 0 Å². The van der Waals surface area contributed by atoms with Crippen molar-refractivity contribution >= 4 is 0 Å². The summed E-state index contributed by atoms with van der Waals surface area (Å²) in [6, 6.07) is 0.273. The molecular weight excluding hydrogens is 617 g/mol. The molecule has 0 fully saturated rings. The van der Waals surface area contributed by atoms with Gasteiger partial charge in [-0.25, -0.2) is 0 Å². The largest absolute Gasteiger partial charge is 0.390 e. The Morgan fingerprint density at radius 1 is 0.480 bits per heavy atom. The molecule has 294 valence electrons. The average molecular weight is 703 g/mol. The first-order valence-corrected chi connectivity index (χ1v) is 21.4. The molecule has 0 saturated heterocycles. The Kier molecular flexibility index (Phi) is 37.9. The monoisotopic (exact) mass is 703 g/mol. The molecule has 0 aliphatic heterocycles. The SMILES string of the molecule is CCCCC/C=C\C/C=C\C(CCCCCCC)N(CCN(CCCCCCCC/C=C/C/C=C\CCCCC)CC(O)CN)CC(O)CN. The van der Waals surface area contributed by atoms with Gasteiger partial charge in [0, 0.05) is 45.3 Å². The van der Waals surface area contributed by atoms with Gasteiger partial charge in [0.25, 0.3) is 0 Å². The summed E-state index contributed by atoms with van der Waals surface area (Å²) in [4.78, 5) is 4.84. The number of rotatable bonds is 38. The van der Waals surface area contributed by atoms with Crippen molar-refractivity contribution in [3.8, 4) is 0 Å². The van der Waals surface area contributed by atoms with Crippen LogP contribution in [-0.4, -0.2) is 84.1 Å². The molecule has 0 aromatic rings. The Balaban J connectivity index is 4.97. The minimum atomic E-state index is -0.541. The van der Waals surface area contributed by atoms with E-state index in [1.165, 1.54) is 116 Å². The van der Waals surface area contributed by atoms with E-state index in [4.69, 9.17) is 11.5 Å². The summed E-state index contributed by atoms with van der Waals surface area (Å²) in [5.74, 6) is 0. The highest BCUT2D eigenvalue weighted by atomic mass is 16.3. The van der Waals surface area contributed by atoms with E-state index in [1.54, 1.807) is 0 Å². The number of aliphatic hydroxyl groups excluding tert-OH is 2. The van der Waals surface area contributed by atoms with Crippen molar-refractivity contribution in [2.45, 2.75) is 187 Å². The molecular formula is C44H86N4O2. The molecule has 6 nitrogen and oxygen atoms in total. The first-order valence-electron chi connectivity index (χ1n) is 21.4. The van der Waals surface area contributed by atoms with Gasteiger partial charge < -0.3 is 21.7 Å². The van der Waals surface area contributed by atoms with Crippen LogP contribution >= 0.6 is 0 Å². The van der Waals surface area contributed by atoms with Crippen LogP contribution in [0.5, 0.6) is 0 Å². The fourth-order valence-electron chi connectivity index (χ4n) is 6.40. The summed E-state index contributed by atoms with van der Waals surface area (Å²) >= 11 is 0. The molecule has 6 N–H and O–H groups in total. The zero-order chi connectivity index (χ0) is 36.8. The molecule has 0 rings (SSSR count). The fourth-order valence-corrected chi connectivity index (χ4v) is 6.40. The van der Waals surface area contributed by atoms with Crippen LogP contribution in [0.3, 0.4) is 0 Å². The van der Waals surface area contributed by atoms with Crippen LogP contribution in [0.25, 0.3) is 0 Å². The van der Waals surface area contributed by atoms with Crippen LogP contribution in [0.1, 0.15) is 168 Å². The molecule has 0 aromatic carbocycles. The van der Waals surface area contributed by atoms with Gasteiger partial charge in [0.2, 0.25) is 0 Å². The molecule has 3 unspecified atom stereocenters. The van der Waals surface area contributed by atoms with Crippen molar-refractivity contribution in [3.05, 3.63) is 48.6 Å². The van der Waals surface area contributed by atoms with E-state index in [0.29, 0.717) is 13.1 Å². The van der Waals surface area contributed by atoms with Crippen molar-refractivity contribution in [3.63, 3.8) is 0 Å². The Morgan fingerprint density at radius 3 is 1.52 bits per heavy atom. The summed E-state index contributed by atoms with van der Waals surface area (Å²) in [5, 5.41) is 21.1. The van der Waals surface area contributed by atoms with Crippen molar-refractivity contribution in [2.24, 2.45) is 11.5 Å². The van der Waals surface area contributed by atoms with E-state index in [9.17, 15) is 10.2 Å². The molecule has 0 heterocycles. The molecule has 3 atom stereocenters. The van der Waals surface area contributed by atoms with Gasteiger partial charge in [0.1, 0.15) is 0 Å². The molecule has 6 heteroatoms. The third-order valence-corrected chi connectivity index (χ3v) is 9.68. The van der Waals surface area contributed by atoms with E-state index in [0.717, 1.165) is 51.7 Å². The van der Waals surface area contributed by atoms with Gasteiger partial charge in [-0.2, -0.15) is 0 Å². The van der Waals surface area contributed by atoms with E-state index in [1.807, 2.05) is 0 Å². The number of nitrogens with zero attached hydrogens (tertiary/aromatic N) is 2. The van der Waals surface area contributed by atoms with Crippen LogP contribution in [0.15, 0.2) is 48.6 Å². The molecule has 0 aliphatic rings. The van der Waals surface area contributed by atoms with Crippen LogP contribution in [0.2, 0.25) is 0 Å². The number of aliphatic hydroxyl groups is 2. The Morgan fingerprint density at radius 2 is 0.940 bits per heavy atom. The Bertz CT molecular complexity index is 799. The molecule has 50 heavy (non-hydrogen) atoms. The quantitative estimate of drug-likeness (QED) is 0.0378. The summed E-state index contributed by atoms with van der Waals surface area (Å²) in [6.45, 7) is 11.2. The zero-order valence-electron chi connectivity index (χ0n) is 33.5. The van der Waals surface area contributed by atoms with Crippen LogP contribution in [0, 0.1) is 0 Å². The second-order valence-corrected chi connectivity index (χ2v) is 14.6. The highest BCUT2D eigenvalue weighted by Crippen LogP contribution is 2.16. The maximum absolute atomic E-state index is 10.7. The third-order valence-electron chi connectivity index (χ3n) is 9.68. The lowest BCUT2D eigenvalue weighted by atomic mass is 10.0. The Labute approximate surface area is 311 Å². The second kappa shape index (κ2) is 38.9. The molecule has 0 bridgehead atoms. The van der Waals surface area contributed by atoms with Gasteiger partial charge in [0.15, 0.2) is 0 Å². The van der Waals surface area contributed by atoms with Gasteiger partial charge in [-0.3, -0.25) is 9.80 Å². The minimum Gasteiger partial charge on any atom is -0.390 e. The number of unbranched alkanes of at least 4 members (excludes halogenated alkanes) is 16. The van der Waals surface area contributed by atoms with Crippen molar-refractivity contribution < 1.29 is 10.2 Å². The number of nitrogens with two attached hydrogens (primary N) is 2. The van der Waals surface area contributed by atoms with Gasteiger partial charge in [-0.1, -0.05) is 153 Å². The minimum absolute atomic E-state index is 0.270. The molecule has 0 spiro atoms. The third kappa shape index (κ3) is 32.6. The normalized spacial score (nSPS) is 14.5. The van der Waals surface area contributed by atoms with Gasteiger partial charge in [-0.15, -0.1) is 0 Å². The number of hydrogen-bond acceptors (Lipinski definition) is 6. The van der Waals surface area contributed by atoms with E-state index in [-0.39, 0.29) is 19.1 Å². The van der Waals surface area contributed by atoms with Crippen molar-refractivity contribution in [2.75, 3.05) is 45.8 Å². The maximum Gasteiger partial charge on any atom is 0.0789 e. The predicted molar refractivity (Wildman–Crippen MR) is 222 cm³/mol. The molecule has 0 aliphatic carbocycles.